The Morgan fingerprint density at radius 3 is 2.90 bits per heavy atom. The van der Waals surface area contributed by atoms with Gasteiger partial charge in [0.1, 0.15) is 11.9 Å². The van der Waals surface area contributed by atoms with E-state index in [2.05, 4.69) is 21.0 Å². The normalized spacial score (nSPS) is 10.7. The summed E-state index contributed by atoms with van der Waals surface area (Å²) in [5, 5.41) is 9.19. The Hall–Kier alpha value is -2.94. The first kappa shape index (κ1) is 12.1. The molecule has 0 aliphatic rings. The third-order valence-electron chi connectivity index (χ3n) is 3.08. The van der Waals surface area contributed by atoms with E-state index in [0.717, 1.165) is 22.4 Å². The van der Waals surface area contributed by atoms with Gasteiger partial charge in [-0.2, -0.15) is 10.2 Å². The molecular weight excluding hydrogens is 254 g/mol. The fraction of sp³-hybridized carbons (Fsp3) is 0.143. The quantitative estimate of drug-likeness (QED) is 0.722. The van der Waals surface area contributed by atoms with E-state index in [0.29, 0.717) is 11.3 Å². The Kier molecular flexibility index (Phi) is 2.61. The van der Waals surface area contributed by atoms with Crippen LogP contribution in [-0.2, 0) is 7.05 Å². The number of nitrogens with zero attached hydrogens (tertiary/aromatic N) is 4. The maximum absolute atomic E-state index is 11.7. The molecule has 98 valence electrons. The SMILES string of the molecule is Cc1nc2ccc(-c3nc(=O)n(C)cc3C#N)cc2[nH]1. The average Bonchev–Trinajstić information content (AvgIpc) is 2.80. The maximum Gasteiger partial charge on any atom is 0.347 e. The number of fused-ring (bicyclic) bond motifs is 1. The van der Waals surface area contributed by atoms with Gasteiger partial charge in [-0.1, -0.05) is 6.07 Å². The topological polar surface area (TPSA) is 87.4 Å². The molecule has 3 aromatic rings. The first-order valence-electron chi connectivity index (χ1n) is 6.03. The van der Waals surface area contributed by atoms with Crippen LogP contribution in [0, 0.1) is 18.3 Å². The van der Waals surface area contributed by atoms with Crippen molar-refractivity contribution in [2.24, 2.45) is 7.05 Å². The van der Waals surface area contributed by atoms with Crippen LogP contribution >= 0.6 is 0 Å². The van der Waals surface area contributed by atoms with Gasteiger partial charge in [-0.25, -0.2) is 9.78 Å². The monoisotopic (exact) mass is 265 g/mol. The Morgan fingerprint density at radius 1 is 1.35 bits per heavy atom. The molecule has 2 aromatic heterocycles. The number of hydrogen-bond donors (Lipinski definition) is 1. The van der Waals surface area contributed by atoms with Gasteiger partial charge in [0.15, 0.2) is 0 Å². The van der Waals surface area contributed by atoms with Crippen molar-refractivity contribution in [1.82, 2.24) is 19.5 Å². The molecule has 0 radical (unpaired) electrons. The van der Waals surface area contributed by atoms with E-state index >= 15 is 0 Å². The van der Waals surface area contributed by atoms with Crippen LogP contribution in [0.2, 0.25) is 0 Å². The largest absolute Gasteiger partial charge is 0.347 e. The first-order valence-corrected chi connectivity index (χ1v) is 6.03. The van der Waals surface area contributed by atoms with Crippen LogP contribution in [0.5, 0.6) is 0 Å². The third-order valence-corrected chi connectivity index (χ3v) is 3.08. The molecule has 2 heterocycles. The van der Waals surface area contributed by atoms with E-state index in [-0.39, 0.29) is 5.69 Å². The summed E-state index contributed by atoms with van der Waals surface area (Å²) in [5.74, 6) is 0.814. The Balaban J connectivity index is 2.27. The van der Waals surface area contributed by atoms with Crippen molar-refractivity contribution in [3.8, 4) is 17.3 Å². The molecule has 0 saturated heterocycles. The van der Waals surface area contributed by atoms with E-state index in [4.69, 9.17) is 0 Å². The van der Waals surface area contributed by atoms with Gasteiger partial charge in [0.25, 0.3) is 0 Å². The molecule has 0 atom stereocenters. The number of nitrogens with one attached hydrogen (secondary N) is 1. The zero-order chi connectivity index (χ0) is 14.3. The molecule has 1 aromatic carbocycles. The van der Waals surface area contributed by atoms with Crippen molar-refractivity contribution in [3.63, 3.8) is 0 Å². The summed E-state index contributed by atoms with van der Waals surface area (Å²) in [6.45, 7) is 1.87. The predicted octanol–water partition coefficient (Wildman–Crippen LogP) is 1.50. The summed E-state index contributed by atoms with van der Waals surface area (Å²) in [5.41, 5.74) is 2.78. The zero-order valence-electron chi connectivity index (χ0n) is 11.0. The number of H-pyrrole nitrogens is 1. The minimum absolute atomic E-state index is 0.364. The second-order valence-electron chi connectivity index (χ2n) is 4.56. The third kappa shape index (κ3) is 1.86. The highest BCUT2D eigenvalue weighted by Gasteiger charge is 2.11. The molecule has 0 amide bonds. The maximum atomic E-state index is 11.7. The molecule has 0 aliphatic heterocycles. The number of aryl methyl sites for hydroxylation is 2. The molecule has 6 nitrogen and oxygen atoms in total. The minimum Gasteiger partial charge on any atom is -0.342 e. The minimum atomic E-state index is -0.389. The number of hydrogen-bond acceptors (Lipinski definition) is 4. The number of imidazole rings is 1. The molecule has 3 rings (SSSR count). The molecule has 20 heavy (non-hydrogen) atoms. The lowest BCUT2D eigenvalue weighted by atomic mass is 10.1. The van der Waals surface area contributed by atoms with Crippen molar-refractivity contribution in [3.05, 3.63) is 46.3 Å². The summed E-state index contributed by atoms with van der Waals surface area (Å²) >= 11 is 0. The number of aromatic nitrogens is 4. The summed E-state index contributed by atoms with van der Waals surface area (Å²) in [6, 6.07) is 7.56. The van der Waals surface area contributed by atoms with Gasteiger partial charge in [-0.15, -0.1) is 0 Å². The van der Waals surface area contributed by atoms with Crippen molar-refractivity contribution >= 4 is 11.0 Å². The number of nitriles is 1. The van der Waals surface area contributed by atoms with Gasteiger partial charge < -0.3 is 9.55 Å². The summed E-state index contributed by atoms with van der Waals surface area (Å²) in [6.07, 6.45) is 1.49. The second-order valence-corrected chi connectivity index (χ2v) is 4.56. The Bertz CT molecular complexity index is 913. The molecular formula is C14H11N5O. The van der Waals surface area contributed by atoms with Crippen molar-refractivity contribution in [2.75, 3.05) is 0 Å². The van der Waals surface area contributed by atoms with Crippen molar-refractivity contribution in [2.45, 2.75) is 6.92 Å². The van der Waals surface area contributed by atoms with Gasteiger partial charge in [0.2, 0.25) is 0 Å². The smallest absolute Gasteiger partial charge is 0.342 e. The lowest BCUT2D eigenvalue weighted by molar-refractivity contribution is 0.809. The van der Waals surface area contributed by atoms with Crippen LogP contribution in [-0.4, -0.2) is 19.5 Å². The first-order chi connectivity index (χ1) is 9.58. The fourth-order valence-electron chi connectivity index (χ4n) is 2.13. The highest BCUT2D eigenvalue weighted by atomic mass is 16.1. The average molecular weight is 265 g/mol. The van der Waals surface area contributed by atoms with Gasteiger partial charge in [0.05, 0.1) is 22.3 Å². The predicted molar refractivity (Wildman–Crippen MR) is 74.0 cm³/mol. The van der Waals surface area contributed by atoms with Crippen LogP contribution in [0.3, 0.4) is 0 Å². The van der Waals surface area contributed by atoms with E-state index in [1.165, 1.54) is 10.8 Å². The van der Waals surface area contributed by atoms with Crippen LogP contribution in [0.4, 0.5) is 0 Å². The lowest BCUT2D eigenvalue weighted by Crippen LogP contribution is -2.20. The van der Waals surface area contributed by atoms with Crippen molar-refractivity contribution in [1.29, 1.82) is 5.26 Å². The van der Waals surface area contributed by atoms with Crippen LogP contribution in [0.1, 0.15) is 11.4 Å². The molecule has 1 N–H and O–H groups in total. The standard InChI is InChI=1S/C14H11N5O/c1-8-16-11-4-3-9(5-12(11)17-8)13-10(6-15)7-19(2)14(20)18-13/h3-5,7H,1-2H3,(H,16,17). The van der Waals surface area contributed by atoms with Crippen LogP contribution < -0.4 is 5.69 Å². The molecule has 0 bridgehead atoms. The summed E-state index contributed by atoms with van der Waals surface area (Å²) < 4.78 is 1.29. The number of rotatable bonds is 1. The lowest BCUT2D eigenvalue weighted by Gasteiger charge is -2.04. The Labute approximate surface area is 114 Å². The van der Waals surface area contributed by atoms with Gasteiger partial charge in [-0.05, 0) is 19.1 Å². The summed E-state index contributed by atoms with van der Waals surface area (Å²) in [7, 11) is 1.57. The fourth-order valence-corrected chi connectivity index (χ4v) is 2.13. The molecule has 0 spiro atoms. The summed E-state index contributed by atoms with van der Waals surface area (Å²) in [4.78, 5) is 23.1. The number of benzene rings is 1. The highest BCUT2D eigenvalue weighted by Crippen LogP contribution is 2.23. The van der Waals surface area contributed by atoms with Gasteiger partial charge >= 0.3 is 5.69 Å². The van der Waals surface area contributed by atoms with E-state index in [9.17, 15) is 10.1 Å². The molecule has 0 unspecified atom stereocenters. The molecule has 6 heteroatoms. The second kappa shape index (κ2) is 4.31. The highest BCUT2D eigenvalue weighted by molar-refractivity contribution is 5.82. The van der Waals surface area contributed by atoms with Gasteiger partial charge in [0, 0.05) is 18.8 Å². The van der Waals surface area contributed by atoms with Gasteiger partial charge in [-0.3, -0.25) is 0 Å². The number of aromatic amines is 1. The van der Waals surface area contributed by atoms with E-state index in [1.807, 2.05) is 25.1 Å². The molecule has 0 aliphatic carbocycles. The molecule has 0 saturated carbocycles. The zero-order valence-corrected chi connectivity index (χ0v) is 11.0. The van der Waals surface area contributed by atoms with E-state index < -0.39 is 0 Å². The molecule has 0 fully saturated rings. The van der Waals surface area contributed by atoms with Crippen molar-refractivity contribution < 1.29 is 0 Å². The van der Waals surface area contributed by atoms with E-state index in [1.54, 1.807) is 7.05 Å². The van der Waals surface area contributed by atoms with Crippen LogP contribution in [0.25, 0.3) is 22.3 Å². The Morgan fingerprint density at radius 2 is 2.15 bits per heavy atom. The van der Waals surface area contributed by atoms with Crippen LogP contribution in [0.15, 0.2) is 29.2 Å².